The predicted molar refractivity (Wildman–Crippen MR) is 106 cm³/mol. The SMILES string of the molecule is C[C@@H]1[C@](C)(c2nc(NC(=O)c3ccc(OC(F)F)cn3)cs2)N=C(N)N(C)S1(=O)=O. The topological polar surface area (TPSA) is 140 Å². The summed E-state index contributed by atoms with van der Waals surface area (Å²) in [7, 11) is -2.41. The second-order valence-electron chi connectivity index (χ2n) is 6.52. The monoisotopic (exact) mass is 460 g/mol. The smallest absolute Gasteiger partial charge is 0.387 e. The first-order valence-electron chi connectivity index (χ1n) is 8.46. The molecule has 3 N–H and O–H groups in total. The molecule has 2 atom stereocenters. The molecule has 0 spiro atoms. The molecule has 2 aromatic rings. The Bertz CT molecular complexity index is 1090. The van der Waals surface area contributed by atoms with E-state index in [9.17, 15) is 22.0 Å². The van der Waals surface area contributed by atoms with Crippen LogP contribution in [0.25, 0.3) is 0 Å². The lowest BCUT2D eigenvalue weighted by Gasteiger charge is -2.38. The molecule has 3 rings (SSSR count). The van der Waals surface area contributed by atoms with Gasteiger partial charge in [-0.05, 0) is 26.0 Å². The number of nitrogens with one attached hydrogen (secondary N) is 1. The lowest BCUT2D eigenvalue weighted by Crippen LogP contribution is -2.55. The summed E-state index contributed by atoms with van der Waals surface area (Å²) in [6.07, 6.45) is 0.997. The zero-order chi connectivity index (χ0) is 22.3. The number of anilines is 1. The summed E-state index contributed by atoms with van der Waals surface area (Å²) in [4.78, 5) is 24.7. The van der Waals surface area contributed by atoms with E-state index in [-0.39, 0.29) is 23.2 Å². The zero-order valence-electron chi connectivity index (χ0n) is 16.0. The fraction of sp³-hybridized carbons (Fsp3) is 0.375. The average Bonchev–Trinajstić information content (AvgIpc) is 3.14. The van der Waals surface area contributed by atoms with Crippen molar-refractivity contribution in [1.29, 1.82) is 0 Å². The van der Waals surface area contributed by atoms with E-state index in [1.807, 2.05) is 0 Å². The average molecular weight is 460 g/mol. The van der Waals surface area contributed by atoms with E-state index in [2.05, 4.69) is 25.0 Å². The number of hydrogen-bond acceptors (Lipinski definition) is 9. The van der Waals surface area contributed by atoms with Crippen molar-refractivity contribution < 1.29 is 26.7 Å². The third-order valence-electron chi connectivity index (χ3n) is 4.66. The molecule has 0 aliphatic carbocycles. The lowest BCUT2D eigenvalue weighted by molar-refractivity contribution is -0.0500. The van der Waals surface area contributed by atoms with Gasteiger partial charge in [-0.1, -0.05) is 0 Å². The quantitative estimate of drug-likeness (QED) is 0.690. The number of sulfonamides is 1. The summed E-state index contributed by atoms with van der Waals surface area (Å²) in [5.74, 6) is -0.814. The van der Waals surface area contributed by atoms with Crippen molar-refractivity contribution in [2.75, 3.05) is 12.4 Å². The Kier molecular flexibility index (Phi) is 5.64. The van der Waals surface area contributed by atoms with Crippen LogP contribution in [-0.2, 0) is 15.6 Å². The van der Waals surface area contributed by atoms with Crippen LogP contribution < -0.4 is 15.8 Å². The number of carbonyl (C=O) groups excluding carboxylic acids is 1. The van der Waals surface area contributed by atoms with E-state index >= 15 is 0 Å². The number of thiazole rings is 1. The molecule has 0 saturated carbocycles. The molecule has 0 bridgehead atoms. The molecule has 0 unspecified atom stereocenters. The molecule has 30 heavy (non-hydrogen) atoms. The Morgan fingerprint density at radius 1 is 1.43 bits per heavy atom. The van der Waals surface area contributed by atoms with Gasteiger partial charge in [0.1, 0.15) is 33.1 Å². The van der Waals surface area contributed by atoms with E-state index in [0.29, 0.717) is 5.01 Å². The first kappa shape index (κ1) is 21.8. The van der Waals surface area contributed by atoms with Crippen LogP contribution in [0.4, 0.5) is 14.6 Å². The highest BCUT2D eigenvalue weighted by Gasteiger charge is 2.49. The van der Waals surface area contributed by atoms with E-state index < -0.39 is 33.3 Å². The van der Waals surface area contributed by atoms with Gasteiger partial charge >= 0.3 is 6.61 Å². The van der Waals surface area contributed by atoms with Crippen LogP contribution in [0, 0.1) is 0 Å². The van der Waals surface area contributed by atoms with Gasteiger partial charge in [0.25, 0.3) is 5.91 Å². The highest BCUT2D eigenvalue weighted by atomic mass is 32.2. The molecule has 3 heterocycles. The minimum Gasteiger partial charge on any atom is -0.433 e. The van der Waals surface area contributed by atoms with Crippen LogP contribution in [0.3, 0.4) is 0 Å². The molecular weight excluding hydrogens is 442 g/mol. The fourth-order valence-corrected chi connectivity index (χ4v) is 5.25. The first-order valence-corrected chi connectivity index (χ1v) is 10.8. The van der Waals surface area contributed by atoms with Crippen LogP contribution in [0.15, 0.2) is 28.7 Å². The number of ether oxygens (including phenoxy) is 1. The molecule has 0 fully saturated rings. The number of halogens is 2. The van der Waals surface area contributed by atoms with Gasteiger partial charge < -0.3 is 15.8 Å². The number of amides is 1. The maximum absolute atomic E-state index is 12.6. The van der Waals surface area contributed by atoms with E-state index in [1.165, 1.54) is 31.5 Å². The maximum atomic E-state index is 12.6. The van der Waals surface area contributed by atoms with Crippen molar-refractivity contribution in [1.82, 2.24) is 14.3 Å². The molecule has 1 aliphatic rings. The van der Waals surface area contributed by atoms with Crippen LogP contribution in [0.1, 0.15) is 29.3 Å². The molecule has 10 nitrogen and oxygen atoms in total. The molecule has 0 radical (unpaired) electrons. The van der Waals surface area contributed by atoms with Crippen molar-refractivity contribution in [2.45, 2.75) is 31.2 Å². The summed E-state index contributed by atoms with van der Waals surface area (Å²) < 4.78 is 54.6. The highest BCUT2D eigenvalue weighted by molar-refractivity contribution is 7.90. The summed E-state index contributed by atoms with van der Waals surface area (Å²) in [6.45, 7) is 0.112. The minimum absolute atomic E-state index is 0.0464. The third-order valence-corrected chi connectivity index (χ3v) is 8.03. The summed E-state index contributed by atoms with van der Waals surface area (Å²) >= 11 is 1.11. The van der Waals surface area contributed by atoms with Crippen LogP contribution in [0.2, 0.25) is 0 Å². The largest absolute Gasteiger partial charge is 0.433 e. The van der Waals surface area contributed by atoms with E-state index in [0.717, 1.165) is 21.8 Å². The number of nitrogens with zero attached hydrogens (tertiary/aromatic N) is 4. The maximum Gasteiger partial charge on any atom is 0.387 e. The normalized spacial score (nSPS) is 23.2. The lowest BCUT2D eigenvalue weighted by atomic mass is 10.0. The van der Waals surface area contributed by atoms with Gasteiger partial charge in [-0.15, -0.1) is 11.3 Å². The van der Waals surface area contributed by atoms with E-state index in [1.54, 1.807) is 6.92 Å². The molecule has 2 aromatic heterocycles. The zero-order valence-corrected chi connectivity index (χ0v) is 17.7. The summed E-state index contributed by atoms with van der Waals surface area (Å²) in [5.41, 5.74) is 4.49. The number of nitrogens with two attached hydrogens (primary N) is 1. The van der Waals surface area contributed by atoms with Crippen molar-refractivity contribution in [3.63, 3.8) is 0 Å². The van der Waals surface area contributed by atoms with Gasteiger partial charge in [-0.2, -0.15) is 8.78 Å². The number of alkyl halides is 2. The van der Waals surface area contributed by atoms with Crippen molar-refractivity contribution in [3.8, 4) is 5.75 Å². The van der Waals surface area contributed by atoms with Crippen molar-refractivity contribution in [3.05, 3.63) is 34.4 Å². The summed E-state index contributed by atoms with van der Waals surface area (Å²) in [6, 6.07) is 2.41. The minimum atomic E-state index is -3.73. The van der Waals surface area contributed by atoms with Gasteiger partial charge in [0, 0.05) is 12.4 Å². The van der Waals surface area contributed by atoms with Crippen LogP contribution in [-0.4, -0.2) is 53.5 Å². The number of pyridine rings is 1. The number of rotatable bonds is 5. The molecule has 0 saturated heterocycles. The predicted octanol–water partition coefficient (Wildman–Crippen LogP) is 1.59. The number of aromatic nitrogens is 2. The Morgan fingerprint density at radius 3 is 2.73 bits per heavy atom. The Balaban J connectivity index is 1.80. The highest BCUT2D eigenvalue weighted by Crippen LogP contribution is 2.39. The van der Waals surface area contributed by atoms with Gasteiger partial charge in [0.2, 0.25) is 16.0 Å². The molecule has 162 valence electrons. The second kappa shape index (κ2) is 7.75. The first-order chi connectivity index (χ1) is 13.9. The molecule has 14 heteroatoms. The number of hydrogen-bond donors (Lipinski definition) is 2. The Hall–Kier alpha value is -2.87. The Labute approximate surface area is 174 Å². The van der Waals surface area contributed by atoms with Crippen LogP contribution >= 0.6 is 11.3 Å². The van der Waals surface area contributed by atoms with Crippen LogP contribution in [0.5, 0.6) is 5.75 Å². The molecule has 0 aromatic carbocycles. The van der Waals surface area contributed by atoms with Crippen molar-refractivity contribution >= 4 is 39.0 Å². The number of aliphatic imine (C=N–C) groups is 1. The standard InChI is InChI=1S/C16H18F2N6O4S2/c1-8-16(2,23-15(19)24(3)30(8,26)27)13-22-11(7-29-13)21-12(25)10-5-4-9(6-20-10)28-14(17)18/h4-8,14H,1-3H3,(H2,19,23)(H,21,25)/t8-,16-/m1/s1. The Morgan fingerprint density at radius 2 is 2.13 bits per heavy atom. The molecule has 1 aliphatic heterocycles. The van der Waals surface area contributed by atoms with Gasteiger partial charge in [-0.3, -0.25) is 4.79 Å². The third kappa shape index (κ3) is 3.92. The number of guanidine groups is 1. The van der Waals surface area contributed by atoms with E-state index in [4.69, 9.17) is 5.73 Å². The fourth-order valence-electron chi connectivity index (χ4n) is 2.71. The summed E-state index contributed by atoms with van der Waals surface area (Å²) in [5, 5.41) is 3.45. The molecule has 1 amide bonds. The number of carbonyl (C=O) groups is 1. The van der Waals surface area contributed by atoms with Gasteiger partial charge in [0.05, 0.1) is 6.20 Å². The van der Waals surface area contributed by atoms with Crippen molar-refractivity contribution in [2.24, 2.45) is 10.7 Å². The van der Waals surface area contributed by atoms with Gasteiger partial charge in [0.15, 0.2) is 0 Å². The molecular formula is C16H18F2N6O4S2. The second-order valence-corrected chi connectivity index (χ2v) is 9.66. The van der Waals surface area contributed by atoms with Gasteiger partial charge in [-0.25, -0.2) is 27.7 Å².